The van der Waals surface area contributed by atoms with E-state index in [0.29, 0.717) is 5.95 Å². The van der Waals surface area contributed by atoms with Crippen LogP contribution in [0.1, 0.15) is 25.1 Å². The quantitative estimate of drug-likeness (QED) is 0.795. The number of hydrogen-bond donors (Lipinski definition) is 1. The molecule has 0 saturated carbocycles. The molecule has 0 saturated heterocycles. The van der Waals surface area contributed by atoms with Gasteiger partial charge >= 0.3 is 0 Å². The minimum absolute atomic E-state index is 0.510. The molecule has 0 amide bonds. The van der Waals surface area contributed by atoms with Crippen molar-refractivity contribution in [3.8, 4) is 5.69 Å². The molecule has 5 heteroatoms. The van der Waals surface area contributed by atoms with E-state index in [4.69, 9.17) is 5.73 Å². The summed E-state index contributed by atoms with van der Waals surface area (Å²) in [6.07, 6.45) is 0.998. The third-order valence-electron chi connectivity index (χ3n) is 3.61. The van der Waals surface area contributed by atoms with E-state index >= 15 is 0 Å². The van der Waals surface area contributed by atoms with Crippen molar-refractivity contribution in [2.45, 2.75) is 33.7 Å². The number of aromatic nitrogens is 4. The highest BCUT2D eigenvalue weighted by molar-refractivity contribution is 5.80. The summed E-state index contributed by atoms with van der Waals surface area (Å²) in [5.41, 5.74) is 11.2. The number of rotatable bonds is 3. The molecule has 2 aromatic heterocycles. The summed E-state index contributed by atoms with van der Waals surface area (Å²) in [7, 11) is 0. The minimum atomic E-state index is 0.510. The Hall–Kier alpha value is -2.30. The zero-order valence-electron chi connectivity index (χ0n) is 12.1. The van der Waals surface area contributed by atoms with Crippen molar-refractivity contribution >= 4 is 17.1 Å². The fourth-order valence-electron chi connectivity index (χ4n) is 2.58. The van der Waals surface area contributed by atoms with Crippen molar-refractivity contribution in [1.82, 2.24) is 19.3 Å². The van der Waals surface area contributed by atoms with Gasteiger partial charge in [0.15, 0.2) is 5.65 Å². The van der Waals surface area contributed by atoms with E-state index in [-0.39, 0.29) is 0 Å². The second kappa shape index (κ2) is 4.67. The summed E-state index contributed by atoms with van der Waals surface area (Å²) >= 11 is 0. The summed E-state index contributed by atoms with van der Waals surface area (Å²) in [5.74, 6) is 0.510. The second-order valence-electron chi connectivity index (χ2n) is 4.90. The number of nitrogens with two attached hydrogens (primary N) is 1. The monoisotopic (exact) mass is 269 g/mol. The highest BCUT2D eigenvalue weighted by Gasteiger charge is 2.17. The molecule has 0 radical (unpaired) electrons. The lowest BCUT2D eigenvalue weighted by Crippen LogP contribution is -2.06. The number of imidazole rings is 1. The molecule has 0 aliphatic rings. The number of hydrogen-bond acceptors (Lipinski definition) is 3. The first kappa shape index (κ1) is 12.7. The topological polar surface area (TPSA) is 61.7 Å². The van der Waals surface area contributed by atoms with Gasteiger partial charge in [0.2, 0.25) is 5.95 Å². The fraction of sp³-hybridized carbons (Fsp3) is 0.333. The van der Waals surface area contributed by atoms with E-state index in [1.165, 1.54) is 5.56 Å². The fourth-order valence-corrected chi connectivity index (χ4v) is 2.58. The average molecular weight is 269 g/mol. The highest BCUT2D eigenvalue weighted by atomic mass is 15.4. The van der Waals surface area contributed by atoms with Crippen LogP contribution in [-0.4, -0.2) is 19.3 Å². The molecule has 5 nitrogen and oxygen atoms in total. The molecule has 0 unspecified atom stereocenters. The van der Waals surface area contributed by atoms with Gasteiger partial charge in [0.25, 0.3) is 0 Å². The second-order valence-corrected chi connectivity index (χ2v) is 4.90. The molecule has 0 atom stereocenters. The summed E-state index contributed by atoms with van der Waals surface area (Å²) in [6, 6.07) is 8.38. The Morgan fingerprint density at radius 2 is 2.05 bits per heavy atom. The Labute approximate surface area is 118 Å². The van der Waals surface area contributed by atoms with Crippen molar-refractivity contribution in [2.75, 3.05) is 5.73 Å². The van der Waals surface area contributed by atoms with Crippen molar-refractivity contribution in [3.05, 3.63) is 35.5 Å². The number of anilines is 1. The lowest BCUT2D eigenvalue weighted by atomic mass is 10.1. The molecule has 0 aliphatic heterocycles. The zero-order valence-corrected chi connectivity index (χ0v) is 12.1. The van der Waals surface area contributed by atoms with Gasteiger partial charge in [0, 0.05) is 6.54 Å². The van der Waals surface area contributed by atoms with Gasteiger partial charge in [-0.3, -0.25) is 4.57 Å². The minimum Gasteiger partial charge on any atom is -0.369 e. The Kier molecular flexibility index (Phi) is 2.97. The molecule has 0 spiro atoms. The van der Waals surface area contributed by atoms with Crippen LogP contribution >= 0.6 is 0 Å². The van der Waals surface area contributed by atoms with E-state index in [2.05, 4.69) is 48.2 Å². The SMILES string of the molecule is CCc1cccc(-n2c(N)nc3c(C)nn(CC)c32)c1. The molecule has 0 bridgehead atoms. The summed E-state index contributed by atoms with van der Waals surface area (Å²) in [5, 5.41) is 4.52. The molecule has 3 rings (SSSR count). The van der Waals surface area contributed by atoms with Gasteiger partial charge in [0.1, 0.15) is 5.52 Å². The van der Waals surface area contributed by atoms with E-state index in [9.17, 15) is 0 Å². The van der Waals surface area contributed by atoms with Crippen LogP contribution in [0.5, 0.6) is 0 Å². The van der Waals surface area contributed by atoms with Crippen LogP contribution in [0, 0.1) is 6.92 Å². The highest BCUT2D eigenvalue weighted by Crippen LogP contribution is 2.25. The molecular weight excluding hydrogens is 250 g/mol. The molecular formula is C15H19N5. The van der Waals surface area contributed by atoms with Gasteiger partial charge in [-0.25, -0.2) is 9.67 Å². The first-order chi connectivity index (χ1) is 9.65. The first-order valence-corrected chi connectivity index (χ1v) is 6.96. The van der Waals surface area contributed by atoms with Crippen LogP contribution in [-0.2, 0) is 13.0 Å². The molecule has 1 aromatic carbocycles. The van der Waals surface area contributed by atoms with Crippen molar-refractivity contribution in [1.29, 1.82) is 0 Å². The lowest BCUT2D eigenvalue weighted by molar-refractivity contribution is 0.663. The van der Waals surface area contributed by atoms with Crippen LogP contribution in [0.2, 0.25) is 0 Å². The first-order valence-electron chi connectivity index (χ1n) is 6.96. The normalized spacial score (nSPS) is 11.3. The van der Waals surface area contributed by atoms with E-state index in [1.54, 1.807) is 0 Å². The average Bonchev–Trinajstić information content (AvgIpc) is 2.95. The Balaban J connectivity index is 2.31. The summed E-state index contributed by atoms with van der Waals surface area (Å²) in [4.78, 5) is 4.47. The van der Waals surface area contributed by atoms with Gasteiger partial charge in [-0.1, -0.05) is 19.1 Å². The summed E-state index contributed by atoms with van der Waals surface area (Å²) in [6.45, 7) is 6.98. The number of benzene rings is 1. The standard InChI is InChI=1S/C15H19N5/c1-4-11-7-6-8-12(9-11)20-14-13(17-15(20)16)10(3)18-19(14)5-2/h6-9H,4-5H2,1-3H3,(H2,16,17). The molecule has 2 N–H and O–H groups in total. The van der Waals surface area contributed by atoms with Crippen molar-refractivity contribution < 1.29 is 0 Å². The maximum Gasteiger partial charge on any atom is 0.207 e. The van der Waals surface area contributed by atoms with Crippen LogP contribution in [0.4, 0.5) is 5.95 Å². The molecule has 104 valence electrons. The summed E-state index contributed by atoms with van der Waals surface area (Å²) < 4.78 is 3.94. The van der Waals surface area contributed by atoms with Gasteiger partial charge in [-0.15, -0.1) is 0 Å². The van der Waals surface area contributed by atoms with E-state index in [0.717, 1.165) is 35.5 Å². The van der Waals surface area contributed by atoms with Gasteiger partial charge < -0.3 is 5.73 Å². The maximum absolute atomic E-state index is 6.12. The number of fused-ring (bicyclic) bond motifs is 1. The van der Waals surface area contributed by atoms with E-state index in [1.807, 2.05) is 16.2 Å². The molecule has 0 aliphatic carbocycles. The van der Waals surface area contributed by atoms with Gasteiger partial charge in [-0.05, 0) is 38.0 Å². The number of nitrogens with zero attached hydrogens (tertiary/aromatic N) is 4. The van der Waals surface area contributed by atoms with Crippen LogP contribution in [0.15, 0.2) is 24.3 Å². The molecule has 2 heterocycles. The molecule has 0 fully saturated rings. The number of nitrogen functional groups attached to an aromatic ring is 1. The maximum atomic E-state index is 6.12. The Morgan fingerprint density at radius 3 is 2.75 bits per heavy atom. The van der Waals surface area contributed by atoms with Crippen molar-refractivity contribution in [2.24, 2.45) is 0 Å². The van der Waals surface area contributed by atoms with Gasteiger partial charge in [0.05, 0.1) is 11.4 Å². The number of aryl methyl sites for hydroxylation is 3. The van der Waals surface area contributed by atoms with E-state index < -0.39 is 0 Å². The predicted molar refractivity (Wildman–Crippen MR) is 81.1 cm³/mol. The Bertz CT molecular complexity index is 766. The van der Waals surface area contributed by atoms with Crippen LogP contribution in [0.3, 0.4) is 0 Å². The zero-order chi connectivity index (χ0) is 14.3. The third-order valence-corrected chi connectivity index (χ3v) is 3.61. The van der Waals surface area contributed by atoms with Crippen molar-refractivity contribution in [3.63, 3.8) is 0 Å². The lowest BCUT2D eigenvalue weighted by Gasteiger charge is -2.09. The predicted octanol–water partition coefficient (Wildman–Crippen LogP) is 2.69. The largest absolute Gasteiger partial charge is 0.369 e. The third kappa shape index (κ3) is 1.78. The van der Waals surface area contributed by atoms with Gasteiger partial charge in [-0.2, -0.15) is 5.10 Å². The van der Waals surface area contributed by atoms with Crippen LogP contribution < -0.4 is 5.73 Å². The molecule has 20 heavy (non-hydrogen) atoms. The molecule has 3 aromatic rings. The smallest absolute Gasteiger partial charge is 0.207 e. The Morgan fingerprint density at radius 1 is 1.25 bits per heavy atom. The van der Waals surface area contributed by atoms with Crippen LogP contribution in [0.25, 0.3) is 16.9 Å².